The molecule has 0 aromatic rings. The van der Waals surface area contributed by atoms with E-state index in [0.29, 0.717) is 0 Å². The summed E-state index contributed by atoms with van der Waals surface area (Å²) in [6.07, 6.45) is -12.6. The Hall–Kier alpha value is -2.36. The first kappa shape index (κ1) is 34.1. The van der Waals surface area contributed by atoms with Gasteiger partial charge in [0.2, 0.25) is 0 Å². The molecule has 0 spiro atoms. The monoisotopic (exact) mass is 626 g/mol. The molecule has 238 valence electrons. The molecule has 0 aliphatic carbocycles. The van der Waals surface area contributed by atoms with Crippen molar-refractivity contribution in [3.63, 3.8) is 0 Å². The average Bonchev–Trinajstić information content (AvgIpc) is 3.20. The van der Waals surface area contributed by atoms with Gasteiger partial charge in [-0.3, -0.25) is 9.32 Å². The quantitative estimate of drug-likeness (QED) is 0.0860. The van der Waals surface area contributed by atoms with E-state index in [1.807, 2.05) is 0 Å². The molecular weight excluding hydrogens is 591 g/mol. The van der Waals surface area contributed by atoms with Crippen LogP contribution in [-0.2, 0) is 32.7 Å². The van der Waals surface area contributed by atoms with E-state index in [9.17, 15) is 54.8 Å². The summed E-state index contributed by atoms with van der Waals surface area (Å²) < 4.78 is 33.4. The Morgan fingerprint density at radius 1 is 1.29 bits per heavy atom. The zero-order chi connectivity index (χ0) is 31.6. The number of carbonyl (C=O) groups is 2. The van der Waals surface area contributed by atoms with Crippen LogP contribution in [-0.4, -0.2) is 138 Å². The SMILES string of the molecule is C=C1N=C(N)C=CN1[C@@H]1O[C@H](COP(=O)(O)O[C@@]2(C(=O)O)C[C@@H](O)[C@@H](CC(=O)CN)C([C@H](O)[C@H](O)CO)O2)[C@H](O)C1O. The molecule has 20 heteroatoms. The average molecular weight is 627 g/mol. The van der Waals surface area contributed by atoms with Crippen LogP contribution in [0.3, 0.4) is 0 Å². The Bertz CT molecular complexity index is 1140. The number of hydrogen-bond donors (Lipinski definition) is 10. The van der Waals surface area contributed by atoms with Gasteiger partial charge in [0.1, 0.15) is 48.0 Å². The van der Waals surface area contributed by atoms with Crippen LogP contribution in [0.4, 0.5) is 0 Å². The van der Waals surface area contributed by atoms with Crippen molar-refractivity contribution in [1.29, 1.82) is 0 Å². The molecular formula is C22H35N4O15P. The number of aliphatic hydroxyl groups excluding tert-OH is 6. The highest BCUT2D eigenvalue weighted by molar-refractivity contribution is 7.47. The highest BCUT2D eigenvalue weighted by atomic mass is 31.2. The van der Waals surface area contributed by atoms with E-state index in [0.717, 1.165) is 0 Å². The zero-order valence-electron chi connectivity index (χ0n) is 22.0. The number of ketones is 1. The predicted octanol–water partition coefficient (Wildman–Crippen LogP) is -4.60. The number of nitrogens with two attached hydrogens (primary N) is 2. The smallest absolute Gasteiger partial charge is 0.475 e. The maximum Gasteiger partial charge on any atom is 0.475 e. The summed E-state index contributed by atoms with van der Waals surface area (Å²) in [7, 11) is -5.47. The summed E-state index contributed by atoms with van der Waals surface area (Å²) in [6.45, 7) is 1.20. The fourth-order valence-electron chi connectivity index (χ4n) is 4.68. The van der Waals surface area contributed by atoms with E-state index in [2.05, 4.69) is 11.6 Å². The van der Waals surface area contributed by atoms with Gasteiger partial charge >= 0.3 is 13.8 Å². The summed E-state index contributed by atoms with van der Waals surface area (Å²) in [5.41, 5.74) is 10.9. The van der Waals surface area contributed by atoms with Gasteiger partial charge in [0, 0.05) is 25.0 Å². The second-order valence-electron chi connectivity index (χ2n) is 9.84. The van der Waals surface area contributed by atoms with Gasteiger partial charge in [-0.15, -0.1) is 0 Å². The third-order valence-corrected chi connectivity index (χ3v) is 7.89. The molecule has 0 saturated carbocycles. The van der Waals surface area contributed by atoms with Crippen LogP contribution in [0.25, 0.3) is 0 Å². The first-order valence-corrected chi connectivity index (χ1v) is 14.0. The largest absolute Gasteiger partial charge is 0.477 e. The Morgan fingerprint density at radius 3 is 2.52 bits per heavy atom. The standard InChI is InChI=1S/C22H35N4O15P/c1-9-25-15(24)2-3-26(9)20-18(33)17(32)14(39-20)8-38-42(36,37)41-22(21(34)35)5-12(29)11(4-10(28)6-23)19(40-22)16(31)13(30)7-27/h2-3,11-14,16-20,27,29-33H,1,4-8,23H2,(H2,24,25)(H,34,35)(H,36,37)/t11-,12-,13-,14-,16-,17+,18?,19?,20-,22-/m1/s1. The number of hydrogen-bond acceptors (Lipinski definition) is 17. The lowest BCUT2D eigenvalue weighted by molar-refractivity contribution is -0.298. The Kier molecular flexibility index (Phi) is 11.0. The van der Waals surface area contributed by atoms with Crippen LogP contribution in [0.1, 0.15) is 12.8 Å². The number of phosphoric acid groups is 1. The van der Waals surface area contributed by atoms with Gasteiger partial charge in [0.15, 0.2) is 6.23 Å². The number of nitrogens with zero attached hydrogens (tertiary/aromatic N) is 2. The van der Waals surface area contributed by atoms with E-state index >= 15 is 0 Å². The Labute approximate surface area is 238 Å². The highest BCUT2D eigenvalue weighted by Gasteiger charge is 2.58. The maximum atomic E-state index is 12.9. The summed E-state index contributed by atoms with van der Waals surface area (Å²) in [6, 6.07) is 0. The fraction of sp³-hybridized carbons (Fsp3) is 0.682. The van der Waals surface area contributed by atoms with E-state index in [-0.39, 0.29) is 11.7 Å². The maximum absolute atomic E-state index is 12.9. The van der Waals surface area contributed by atoms with Crippen LogP contribution in [0.2, 0.25) is 0 Å². The van der Waals surface area contributed by atoms with E-state index in [1.165, 1.54) is 17.2 Å². The molecule has 0 aromatic heterocycles. The molecule has 42 heavy (non-hydrogen) atoms. The van der Waals surface area contributed by atoms with Crippen LogP contribution in [0.15, 0.2) is 29.7 Å². The number of carbonyl (C=O) groups excluding carboxylic acids is 1. The minimum absolute atomic E-state index is 0.0508. The van der Waals surface area contributed by atoms with Crippen LogP contribution < -0.4 is 11.5 Å². The molecule has 0 radical (unpaired) electrons. The Balaban J connectivity index is 1.76. The van der Waals surface area contributed by atoms with Crippen LogP contribution >= 0.6 is 7.82 Å². The van der Waals surface area contributed by atoms with Crippen molar-refractivity contribution in [3.8, 4) is 0 Å². The number of aliphatic hydroxyl groups is 6. The third kappa shape index (κ3) is 7.40. The lowest BCUT2D eigenvalue weighted by Gasteiger charge is -2.46. The lowest BCUT2D eigenvalue weighted by Crippen LogP contribution is -2.62. The number of phosphoric ester groups is 1. The normalized spacial score (nSPS) is 36.3. The predicted molar refractivity (Wildman–Crippen MR) is 136 cm³/mol. The molecule has 0 amide bonds. The number of Topliss-reactive ketones (excluding diaryl/α,β-unsaturated/α-hetero) is 1. The fourth-order valence-corrected chi connectivity index (χ4v) is 5.64. The number of ether oxygens (including phenoxy) is 2. The third-order valence-electron chi connectivity index (χ3n) is 6.89. The van der Waals surface area contributed by atoms with Crippen molar-refractivity contribution in [2.45, 2.75) is 67.6 Å². The van der Waals surface area contributed by atoms with Gasteiger partial charge in [0.05, 0.1) is 32.0 Å². The van der Waals surface area contributed by atoms with Gasteiger partial charge in [0.25, 0.3) is 5.79 Å². The summed E-state index contributed by atoms with van der Waals surface area (Å²) in [4.78, 5) is 39.7. The number of amidine groups is 1. The topological polar surface area (TPSA) is 318 Å². The van der Waals surface area contributed by atoms with Crippen LogP contribution in [0.5, 0.6) is 0 Å². The molecule has 2 fully saturated rings. The summed E-state index contributed by atoms with van der Waals surface area (Å²) >= 11 is 0. The molecule has 11 atom stereocenters. The zero-order valence-corrected chi connectivity index (χ0v) is 22.9. The second-order valence-corrected chi connectivity index (χ2v) is 11.2. The highest BCUT2D eigenvalue weighted by Crippen LogP contribution is 2.52. The molecule has 3 aliphatic heterocycles. The number of rotatable bonds is 13. The molecule has 3 heterocycles. The molecule has 12 N–H and O–H groups in total. The summed E-state index contributed by atoms with van der Waals surface area (Å²) in [5.74, 6) is -7.06. The van der Waals surface area contributed by atoms with Gasteiger partial charge in [-0.2, -0.15) is 0 Å². The van der Waals surface area contributed by atoms with Gasteiger partial charge in [-0.1, -0.05) is 6.58 Å². The Morgan fingerprint density at radius 2 is 1.95 bits per heavy atom. The first-order chi connectivity index (χ1) is 19.6. The molecule has 0 bridgehead atoms. The van der Waals surface area contributed by atoms with Crippen molar-refractivity contribution in [1.82, 2.24) is 4.90 Å². The second kappa shape index (κ2) is 13.5. The molecule has 3 unspecified atom stereocenters. The number of carboxylic acids is 1. The van der Waals surface area contributed by atoms with Crippen LogP contribution in [0, 0.1) is 5.92 Å². The summed E-state index contributed by atoms with van der Waals surface area (Å²) in [5, 5.41) is 71.2. The van der Waals surface area contributed by atoms with Gasteiger partial charge in [-0.25, -0.2) is 18.9 Å². The number of aliphatic imine (C=N–C) groups is 1. The lowest BCUT2D eigenvalue weighted by atomic mass is 9.80. The van der Waals surface area contributed by atoms with Crippen molar-refractivity contribution < 1.29 is 73.3 Å². The van der Waals surface area contributed by atoms with E-state index in [1.54, 1.807) is 0 Å². The van der Waals surface area contributed by atoms with Crippen molar-refractivity contribution in [2.24, 2.45) is 22.4 Å². The van der Waals surface area contributed by atoms with E-state index in [4.69, 9.17) is 30.0 Å². The molecule has 3 aliphatic rings. The van der Waals surface area contributed by atoms with E-state index < -0.39 is 113 Å². The van der Waals surface area contributed by atoms with Gasteiger partial charge in [-0.05, 0) is 6.08 Å². The van der Waals surface area contributed by atoms with Crippen molar-refractivity contribution in [3.05, 3.63) is 24.7 Å². The first-order valence-electron chi connectivity index (χ1n) is 12.5. The van der Waals surface area contributed by atoms with Crippen molar-refractivity contribution >= 4 is 25.4 Å². The molecule has 2 saturated heterocycles. The van der Waals surface area contributed by atoms with Gasteiger partial charge < -0.3 is 66.5 Å². The van der Waals surface area contributed by atoms with Crippen molar-refractivity contribution in [2.75, 3.05) is 19.8 Å². The molecule has 19 nitrogen and oxygen atoms in total. The number of carboxylic acid groups (broad SMARTS) is 1. The minimum atomic E-state index is -5.47. The number of aliphatic carboxylic acids is 1. The molecule has 3 rings (SSSR count). The molecule has 0 aromatic carbocycles. The minimum Gasteiger partial charge on any atom is -0.477 e.